The minimum atomic E-state index is -0.681. The van der Waals surface area contributed by atoms with E-state index < -0.39 is 5.97 Å². The highest BCUT2D eigenvalue weighted by molar-refractivity contribution is 5.73. The molecule has 3 nitrogen and oxygen atoms in total. The van der Waals surface area contributed by atoms with Gasteiger partial charge in [-0.3, -0.25) is 4.79 Å². The summed E-state index contributed by atoms with van der Waals surface area (Å²) >= 11 is 0. The molecule has 1 N–H and O–H groups in total. The number of hydrogen-bond acceptors (Lipinski definition) is 2. The predicted octanol–water partition coefficient (Wildman–Crippen LogP) is 3.38. The molecule has 1 saturated heterocycles. The van der Waals surface area contributed by atoms with Crippen molar-refractivity contribution in [1.29, 1.82) is 0 Å². The van der Waals surface area contributed by atoms with Crippen molar-refractivity contribution in [2.24, 2.45) is 5.92 Å². The molecule has 0 saturated carbocycles. The van der Waals surface area contributed by atoms with Crippen LogP contribution in [0, 0.1) is 19.8 Å². The first kappa shape index (κ1) is 13.9. The zero-order valence-corrected chi connectivity index (χ0v) is 12.2. The number of nitrogens with zero attached hydrogens (tertiary/aromatic N) is 1. The van der Waals surface area contributed by atoms with E-state index in [2.05, 4.69) is 36.9 Å². The lowest BCUT2D eigenvalue weighted by atomic mass is 9.78. The van der Waals surface area contributed by atoms with Crippen LogP contribution in [0.25, 0.3) is 0 Å². The molecule has 1 aromatic rings. The fraction of sp³-hybridized carbons (Fsp3) is 0.562. The van der Waals surface area contributed by atoms with Gasteiger partial charge in [0.15, 0.2) is 0 Å². The maximum absolute atomic E-state index is 11.5. The Balaban J connectivity index is 2.40. The highest BCUT2D eigenvalue weighted by Crippen LogP contribution is 2.37. The molecule has 104 valence electrons. The Bertz CT molecular complexity index is 473. The van der Waals surface area contributed by atoms with Gasteiger partial charge in [-0.15, -0.1) is 0 Å². The van der Waals surface area contributed by atoms with E-state index in [1.165, 1.54) is 11.1 Å². The maximum atomic E-state index is 11.5. The van der Waals surface area contributed by atoms with Gasteiger partial charge in [-0.05, 0) is 63.8 Å². The molecule has 1 fully saturated rings. The average molecular weight is 261 g/mol. The molecule has 1 aliphatic heterocycles. The first-order valence-electron chi connectivity index (χ1n) is 6.91. The second-order valence-electron chi connectivity index (χ2n) is 6.18. The van der Waals surface area contributed by atoms with E-state index in [1.54, 1.807) is 0 Å². The van der Waals surface area contributed by atoms with Gasteiger partial charge in [0, 0.05) is 17.8 Å². The number of aliphatic carboxylic acids is 1. The minimum Gasteiger partial charge on any atom is -0.481 e. The van der Waals surface area contributed by atoms with E-state index in [1.807, 2.05) is 13.8 Å². The van der Waals surface area contributed by atoms with Crippen molar-refractivity contribution in [3.8, 4) is 0 Å². The minimum absolute atomic E-state index is 0.304. The molecule has 0 radical (unpaired) electrons. The fourth-order valence-corrected chi connectivity index (χ4v) is 3.28. The van der Waals surface area contributed by atoms with Crippen molar-refractivity contribution in [2.75, 3.05) is 11.4 Å². The summed E-state index contributed by atoms with van der Waals surface area (Å²) in [4.78, 5) is 13.7. The van der Waals surface area contributed by atoms with Crippen LogP contribution in [0.2, 0.25) is 0 Å². The van der Waals surface area contributed by atoms with Crippen LogP contribution >= 0.6 is 0 Å². The average Bonchev–Trinajstić information content (AvgIpc) is 2.25. The van der Waals surface area contributed by atoms with Crippen molar-refractivity contribution >= 4 is 11.7 Å². The summed E-state index contributed by atoms with van der Waals surface area (Å²) in [6.07, 6.45) is 1.71. The number of carboxylic acids is 1. The third-order valence-corrected chi connectivity index (χ3v) is 4.24. The normalized spacial score (nSPS) is 22.3. The quantitative estimate of drug-likeness (QED) is 0.887. The molecule has 2 rings (SSSR count). The monoisotopic (exact) mass is 261 g/mol. The molecule has 1 heterocycles. The van der Waals surface area contributed by atoms with Crippen LogP contribution < -0.4 is 4.90 Å². The van der Waals surface area contributed by atoms with E-state index in [-0.39, 0.29) is 11.5 Å². The molecule has 1 aromatic carbocycles. The zero-order chi connectivity index (χ0) is 14.2. The predicted molar refractivity (Wildman–Crippen MR) is 77.7 cm³/mol. The Morgan fingerprint density at radius 2 is 1.84 bits per heavy atom. The summed E-state index contributed by atoms with van der Waals surface area (Å²) in [6.45, 7) is 9.19. The number of piperidine rings is 1. The van der Waals surface area contributed by atoms with Gasteiger partial charge in [0.25, 0.3) is 0 Å². The standard InChI is InChI=1S/C16H23NO2/c1-11-8-12(2)10-13(9-11)17-7-5-6-14(15(18)19)16(17,3)4/h8-10,14H,5-7H2,1-4H3,(H,18,19). The number of rotatable bonds is 2. The Kier molecular flexibility index (Phi) is 3.57. The molecule has 1 unspecified atom stereocenters. The first-order chi connectivity index (χ1) is 8.82. The van der Waals surface area contributed by atoms with E-state index in [9.17, 15) is 9.90 Å². The summed E-state index contributed by atoms with van der Waals surface area (Å²) in [6, 6.07) is 6.45. The van der Waals surface area contributed by atoms with E-state index >= 15 is 0 Å². The highest BCUT2D eigenvalue weighted by atomic mass is 16.4. The van der Waals surface area contributed by atoms with E-state index in [4.69, 9.17) is 0 Å². The molecule has 1 aliphatic rings. The molecule has 1 atom stereocenters. The van der Waals surface area contributed by atoms with Crippen LogP contribution in [-0.2, 0) is 4.79 Å². The van der Waals surface area contributed by atoms with Crippen molar-refractivity contribution in [3.05, 3.63) is 29.3 Å². The summed E-state index contributed by atoms with van der Waals surface area (Å²) in [5.74, 6) is -0.985. The summed E-state index contributed by atoms with van der Waals surface area (Å²) in [5.41, 5.74) is 3.25. The molecule has 0 spiro atoms. The molecule has 0 aromatic heterocycles. The Labute approximate surface area is 115 Å². The van der Waals surface area contributed by atoms with Crippen molar-refractivity contribution in [1.82, 2.24) is 0 Å². The lowest BCUT2D eigenvalue weighted by Gasteiger charge is -2.48. The summed E-state index contributed by atoms with van der Waals surface area (Å²) in [7, 11) is 0. The lowest BCUT2D eigenvalue weighted by molar-refractivity contribution is -0.144. The third-order valence-electron chi connectivity index (χ3n) is 4.24. The topological polar surface area (TPSA) is 40.5 Å². The van der Waals surface area contributed by atoms with Crippen LogP contribution in [0.3, 0.4) is 0 Å². The number of carbonyl (C=O) groups is 1. The second-order valence-corrected chi connectivity index (χ2v) is 6.18. The molecular weight excluding hydrogens is 238 g/mol. The maximum Gasteiger partial charge on any atom is 0.308 e. The van der Waals surface area contributed by atoms with Gasteiger partial charge in [-0.2, -0.15) is 0 Å². The van der Waals surface area contributed by atoms with Crippen molar-refractivity contribution in [2.45, 2.75) is 46.1 Å². The SMILES string of the molecule is Cc1cc(C)cc(N2CCCC(C(=O)O)C2(C)C)c1. The van der Waals surface area contributed by atoms with Gasteiger partial charge in [-0.1, -0.05) is 6.07 Å². The lowest BCUT2D eigenvalue weighted by Crippen LogP contribution is -2.56. The third kappa shape index (κ3) is 2.60. The van der Waals surface area contributed by atoms with E-state index in [0.29, 0.717) is 0 Å². The molecule has 0 aliphatic carbocycles. The van der Waals surface area contributed by atoms with Gasteiger partial charge in [0.05, 0.1) is 5.92 Å². The van der Waals surface area contributed by atoms with Gasteiger partial charge in [-0.25, -0.2) is 0 Å². The molecule has 19 heavy (non-hydrogen) atoms. The second kappa shape index (κ2) is 4.87. The highest BCUT2D eigenvalue weighted by Gasteiger charge is 2.42. The Morgan fingerprint density at radius 3 is 2.37 bits per heavy atom. The Morgan fingerprint density at radius 1 is 1.26 bits per heavy atom. The van der Waals surface area contributed by atoms with Crippen LogP contribution in [0.15, 0.2) is 18.2 Å². The van der Waals surface area contributed by atoms with Crippen LogP contribution in [-0.4, -0.2) is 23.2 Å². The van der Waals surface area contributed by atoms with Crippen LogP contribution in [0.4, 0.5) is 5.69 Å². The Hall–Kier alpha value is -1.51. The van der Waals surface area contributed by atoms with Crippen LogP contribution in [0.5, 0.6) is 0 Å². The number of aryl methyl sites for hydroxylation is 2. The largest absolute Gasteiger partial charge is 0.481 e. The summed E-state index contributed by atoms with van der Waals surface area (Å²) < 4.78 is 0. The first-order valence-corrected chi connectivity index (χ1v) is 6.91. The zero-order valence-electron chi connectivity index (χ0n) is 12.2. The molecule has 0 bridgehead atoms. The molecular formula is C16H23NO2. The van der Waals surface area contributed by atoms with Gasteiger partial charge >= 0.3 is 5.97 Å². The van der Waals surface area contributed by atoms with Gasteiger partial charge in [0.2, 0.25) is 0 Å². The number of benzene rings is 1. The van der Waals surface area contributed by atoms with Gasteiger partial charge in [0.1, 0.15) is 0 Å². The number of carboxylic acid groups (broad SMARTS) is 1. The fourth-order valence-electron chi connectivity index (χ4n) is 3.28. The molecule has 0 amide bonds. The smallest absolute Gasteiger partial charge is 0.308 e. The summed E-state index contributed by atoms with van der Waals surface area (Å²) in [5, 5.41) is 9.42. The van der Waals surface area contributed by atoms with E-state index in [0.717, 1.165) is 25.1 Å². The van der Waals surface area contributed by atoms with Crippen molar-refractivity contribution < 1.29 is 9.90 Å². The van der Waals surface area contributed by atoms with Gasteiger partial charge < -0.3 is 10.0 Å². The molecule has 3 heteroatoms. The van der Waals surface area contributed by atoms with Crippen LogP contribution in [0.1, 0.15) is 37.8 Å². The van der Waals surface area contributed by atoms with Crippen molar-refractivity contribution in [3.63, 3.8) is 0 Å². The number of hydrogen-bond donors (Lipinski definition) is 1. The number of anilines is 1.